The molecule has 0 bridgehead atoms. The van der Waals surface area contributed by atoms with Gasteiger partial charge in [0.1, 0.15) is 0 Å². The van der Waals surface area contributed by atoms with Gasteiger partial charge >= 0.3 is 0 Å². The van der Waals surface area contributed by atoms with Gasteiger partial charge in [-0.2, -0.15) is 0 Å². The molecule has 0 unspecified atom stereocenters. The summed E-state index contributed by atoms with van der Waals surface area (Å²) < 4.78 is 0. The van der Waals surface area contributed by atoms with Crippen LogP contribution in [0.2, 0.25) is 0 Å². The molecule has 5 nitrogen and oxygen atoms in total. The molecule has 4 rings (SSSR count). The Kier molecular flexibility index (Phi) is 8.55. The predicted octanol–water partition coefficient (Wildman–Crippen LogP) is 6.31. The van der Waals surface area contributed by atoms with Gasteiger partial charge in [-0.25, -0.2) is 0 Å². The molecule has 2 amide bonds. The molecule has 182 valence electrons. The van der Waals surface area contributed by atoms with E-state index in [0.717, 1.165) is 43.7 Å². The summed E-state index contributed by atoms with van der Waals surface area (Å²) in [7, 11) is 1.83. The van der Waals surface area contributed by atoms with Crippen molar-refractivity contribution in [1.29, 1.82) is 0 Å². The van der Waals surface area contributed by atoms with E-state index >= 15 is 0 Å². The minimum Gasteiger partial charge on any atom is -0.370 e. The number of carbonyl (C=O) groups is 2. The zero-order chi connectivity index (χ0) is 24.5. The summed E-state index contributed by atoms with van der Waals surface area (Å²) >= 11 is 0. The molecule has 35 heavy (non-hydrogen) atoms. The summed E-state index contributed by atoms with van der Waals surface area (Å²) in [5.74, 6) is -0.0574. The fraction of sp³-hybridized carbons (Fsp3) is 0.333. The van der Waals surface area contributed by atoms with Crippen molar-refractivity contribution in [2.24, 2.45) is 0 Å². The SMILES string of the molecule is CN(C(=O)c1ccc(NC(=O)CCCCc2ccccc2)cc1)c1ccccc1N1CCCCC1. The van der Waals surface area contributed by atoms with Crippen LogP contribution in [0, 0.1) is 0 Å². The molecule has 0 aliphatic carbocycles. The molecule has 0 atom stereocenters. The number of piperidine rings is 1. The van der Waals surface area contributed by atoms with E-state index in [1.807, 2.05) is 43.4 Å². The molecule has 3 aromatic carbocycles. The van der Waals surface area contributed by atoms with Gasteiger partial charge in [-0.05, 0) is 80.5 Å². The van der Waals surface area contributed by atoms with Crippen molar-refractivity contribution in [3.63, 3.8) is 0 Å². The highest BCUT2D eigenvalue weighted by molar-refractivity contribution is 6.07. The largest absolute Gasteiger partial charge is 0.370 e. The maximum Gasteiger partial charge on any atom is 0.258 e. The fourth-order valence-electron chi connectivity index (χ4n) is 4.63. The quantitative estimate of drug-likeness (QED) is 0.374. The third-order valence-electron chi connectivity index (χ3n) is 6.62. The van der Waals surface area contributed by atoms with Crippen molar-refractivity contribution >= 4 is 28.9 Å². The second-order valence-electron chi connectivity index (χ2n) is 9.22. The molecule has 1 aliphatic heterocycles. The number of nitrogens with one attached hydrogen (secondary N) is 1. The molecule has 1 heterocycles. The zero-order valence-corrected chi connectivity index (χ0v) is 20.6. The average Bonchev–Trinajstić information content (AvgIpc) is 2.92. The minimum absolute atomic E-state index is 0.00437. The molecule has 0 saturated carbocycles. The predicted molar refractivity (Wildman–Crippen MR) is 144 cm³/mol. The lowest BCUT2D eigenvalue weighted by Crippen LogP contribution is -2.33. The first-order valence-electron chi connectivity index (χ1n) is 12.7. The summed E-state index contributed by atoms with van der Waals surface area (Å²) in [6.07, 6.45) is 6.94. The molecule has 1 N–H and O–H groups in total. The summed E-state index contributed by atoms with van der Waals surface area (Å²) in [6.45, 7) is 2.05. The number of nitrogens with zero attached hydrogens (tertiary/aromatic N) is 2. The second-order valence-corrected chi connectivity index (χ2v) is 9.22. The number of carbonyl (C=O) groups excluding carboxylic acids is 2. The van der Waals surface area contributed by atoms with Gasteiger partial charge in [0.25, 0.3) is 5.91 Å². The number of hydrogen-bond acceptors (Lipinski definition) is 3. The standard InChI is InChI=1S/C30H35N3O2/c1-32(27-15-7-8-16-28(27)33-22-10-3-11-23-33)30(35)25-18-20-26(21-19-25)31-29(34)17-9-6-14-24-12-4-2-5-13-24/h2,4-5,7-8,12-13,15-16,18-21H,3,6,9-11,14,17,22-23H2,1H3,(H,31,34). The summed E-state index contributed by atoms with van der Waals surface area (Å²) in [5, 5.41) is 2.95. The minimum atomic E-state index is -0.0618. The smallest absolute Gasteiger partial charge is 0.258 e. The second kappa shape index (κ2) is 12.2. The van der Waals surface area contributed by atoms with Gasteiger partial charge in [0.05, 0.1) is 11.4 Å². The van der Waals surface area contributed by atoms with Gasteiger partial charge in [0.2, 0.25) is 5.91 Å². The first-order chi connectivity index (χ1) is 17.1. The van der Waals surface area contributed by atoms with Crippen LogP contribution in [-0.2, 0) is 11.2 Å². The van der Waals surface area contributed by atoms with Crippen LogP contribution in [0.25, 0.3) is 0 Å². The Balaban J connectivity index is 1.30. The Morgan fingerprint density at radius 1 is 0.829 bits per heavy atom. The van der Waals surface area contributed by atoms with E-state index in [2.05, 4.69) is 28.4 Å². The van der Waals surface area contributed by atoms with E-state index in [9.17, 15) is 9.59 Å². The molecule has 0 radical (unpaired) electrons. The number of unbranched alkanes of at least 4 members (excludes halogenated alkanes) is 1. The van der Waals surface area contributed by atoms with E-state index in [0.29, 0.717) is 17.7 Å². The topological polar surface area (TPSA) is 52.7 Å². The number of hydrogen-bond donors (Lipinski definition) is 1. The summed E-state index contributed by atoms with van der Waals surface area (Å²) in [4.78, 5) is 29.7. The maximum atomic E-state index is 13.2. The molecule has 3 aromatic rings. The van der Waals surface area contributed by atoms with Crippen LogP contribution in [-0.4, -0.2) is 32.0 Å². The van der Waals surface area contributed by atoms with Crippen LogP contribution in [0.3, 0.4) is 0 Å². The van der Waals surface area contributed by atoms with Gasteiger partial charge in [0, 0.05) is 37.8 Å². The van der Waals surface area contributed by atoms with Crippen LogP contribution < -0.4 is 15.1 Å². The number of aryl methyl sites for hydroxylation is 1. The highest BCUT2D eigenvalue weighted by Gasteiger charge is 2.20. The van der Waals surface area contributed by atoms with Crippen molar-refractivity contribution in [3.05, 3.63) is 90.0 Å². The van der Waals surface area contributed by atoms with Crippen LogP contribution in [0.5, 0.6) is 0 Å². The number of rotatable bonds is 9. The van der Waals surface area contributed by atoms with Crippen LogP contribution in [0.1, 0.15) is 54.4 Å². The number of amides is 2. The van der Waals surface area contributed by atoms with Crippen molar-refractivity contribution in [3.8, 4) is 0 Å². The van der Waals surface area contributed by atoms with Gasteiger partial charge in [-0.1, -0.05) is 42.5 Å². The Bertz CT molecular complexity index is 1110. The van der Waals surface area contributed by atoms with Crippen LogP contribution >= 0.6 is 0 Å². The van der Waals surface area contributed by atoms with Gasteiger partial charge in [-0.3, -0.25) is 9.59 Å². The molecule has 0 aromatic heterocycles. The Hall–Kier alpha value is -3.60. The first kappa shape index (κ1) is 24.5. The molecule has 1 aliphatic rings. The van der Waals surface area contributed by atoms with E-state index in [-0.39, 0.29) is 11.8 Å². The molecular weight excluding hydrogens is 434 g/mol. The Labute approximate surface area is 208 Å². The highest BCUT2D eigenvalue weighted by atomic mass is 16.2. The van der Waals surface area contributed by atoms with Crippen LogP contribution in [0.4, 0.5) is 17.1 Å². The lowest BCUT2D eigenvalue weighted by atomic mass is 10.1. The van der Waals surface area contributed by atoms with Crippen molar-refractivity contribution in [2.75, 3.05) is 35.3 Å². The Morgan fingerprint density at radius 3 is 2.26 bits per heavy atom. The van der Waals surface area contributed by atoms with Crippen molar-refractivity contribution < 1.29 is 9.59 Å². The molecule has 5 heteroatoms. The highest BCUT2D eigenvalue weighted by Crippen LogP contribution is 2.31. The summed E-state index contributed by atoms with van der Waals surface area (Å²) in [5.41, 5.74) is 4.65. The number of benzene rings is 3. The van der Waals surface area contributed by atoms with E-state index < -0.39 is 0 Å². The monoisotopic (exact) mass is 469 g/mol. The van der Waals surface area contributed by atoms with E-state index in [1.54, 1.807) is 29.2 Å². The fourth-order valence-corrected chi connectivity index (χ4v) is 4.63. The van der Waals surface area contributed by atoms with Gasteiger partial charge in [0.15, 0.2) is 0 Å². The first-order valence-corrected chi connectivity index (χ1v) is 12.7. The number of para-hydroxylation sites is 2. The van der Waals surface area contributed by atoms with Crippen molar-refractivity contribution in [2.45, 2.75) is 44.9 Å². The summed E-state index contributed by atoms with van der Waals surface area (Å²) in [6, 6.07) is 25.6. The average molecular weight is 470 g/mol. The van der Waals surface area contributed by atoms with E-state index in [1.165, 1.54) is 24.8 Å². The van der Waals surface area contributed by atoms with Gasteiger partial charge in [-0.15, -0.1) is 0 Å². The molecular formula is C30H35N3O2. The molecule has 1 fully saturated rings. The van der Waals surface area contributed by atoms with Crippen molar-refractivity contribution in [1.82, 2.24) is 0 Å². The third kappa shape index (κ3) is 6.72. The lowest BCUT2D eigenvalue weighted by Gasteiger charge is -2.32. The zero-order valence-electron chi connectivity index (χ0n) is 20.6. The van der Waals surface area contributed by atoms with Crippen LogP contribution in [0.15, 0.2) is 78.9 Å². The van der Waals surface area contributed by atoms with Gasteiger partial charge < -0.3 is 15.1 Å². The molecule has 1 saturated heterocycles. The normalized spacial score (nSPS) is 13.3. The maximum absolute atomic E-state index is 13.2. The Morgan fingerprint density at radius 2 is 1.51 bits per heavy atom. The van der Waals surface area contributed by atoms with E-state index in [4.69, 9.17) is 0 Å². The lowest BCUT2D eigenvalue weighted by molar-refractivity contribution is -0.116. The molecule has 0 spiro atoms. The number of anilines is 3. The third-order valence-corrected chi connectivity index (χ3v) is 6.62.